The molecule has 0 aromatic heterocycles. The molecule has 2 amide bonds. The maximum absolute atomic E-state index is 13.3. The molecule has 0 aliphatic heterocycles. The van der Waals surface area contributed by atoms with Gasteiger partial charge in [-0.15, -0.1) is 0 Å². The van der Waals surface area contributed by atoms with E-state index in [0.717, 1.165) is 18.1 Å². The van der Waals surface area contributed by atoms with Gasteiger partial charge in [-0.1, -0.05) is 26.0 Å². The summed E-state index contributed by atoms with van der Waals surface area (Å²) in [7, 11) is 0. The summed E-state index contributed by atoms with van der Waals surface area (Å²) in [5, 5.41) is 7.48. The van der Waals surface area contributed by atoms with E-state index in [1.54, 1.807) is 12.1 Å². The minimum Gasteiger partial charge on any atom is -0.376 e. The van der Waals surface area contributed by atoms with Gasteiger partial charge in [-0.2, -0.15) is 13.2 Å². The van der Waals surface area contributed by atoms with Gasteiger partial charge in [-0.25, -0.2) is 0 Å². The van der Waals surface area contributed by atoms with Crippen molar-refractivity contribution in [3.8, 4) is 0 Å². The second-order valence-corrected chi connectivity index (χ2v) is 6.77. The summed E-state index contributed by atoms with van der Waals surface area (Å²) in [6.07, 6.45) is -3.64. The average molecular weight is 407 g/mol. The normalized spacial score (nSPS) is 12.2. The Bertz CT molecular complexity index is 864. The van der Waals surface area contributed by atoms with Crippen molar-refractivity contribution in [1.82, 2.24) is 0 Å². The van der Waals surface area contributed by atoms with Gasteiger partial charge in [0.1, 0.15) is 0 Å². The molecule has 1 unspecified atom stereocenters. The van der Waals surface area contributed by atoms with Crippen LogP contribution in [-0.4, -0.2) is 18.4 Å². The fourth-order valence-electron chi connectivity index (χ4n) is 2.73. The highest BCUT2D eigenvalue weighted by Crippen LogP contribution is 2.36. The maximum atomic E-state index is 13.3. The van der Waals surface area contributed by atoms with Crippen LogP contribution < -0.4 is 16.0 Å². The zero-order chi connectivity index (χ0) is 21.6. The topological polar surface area (TPSA) is 70.2 Å². The van der Waals surface area contributed by atoms with E-state index >= 15 is 0 Å². The number of anilines is 3. The Morgan fingerprint density at radius 2 is 1.62 bits per heavy atom. The van der Waals surface area contributed by atoms with Crippen molar-refractivity contribution in [2.75, 3.05) is 22.5 Å². The standard InChI is InChI=1S/C21H24F3N3O2/c1-4-13(2)15-5-7-16(8-6-15)27-20(29)12-25-19-10-9-17(26-14(3)28)11-18(19)21(22,23)24/h5-11,13,25H,4,12H2,1-3H3,(H,26,28)(H,27,29). The third kappa shape index (κ3) is 6.51. The molecule has 0 fully saturated rings. The van der Waals surface area contributed by atoms with E-state index in [1.165, 1.54) is 19.1 Å². The van der Waals surface area contributed by atoms with Gasteiger partial charge in [0.2, 0.25) is 11.8 Å². The Labute approximate surface area is 167 Å². The summed E-state index contributed by atoms with van der Waals surface area (Å²) in [5.74, 6) is -0.541. The van der Waals surface area contributed by atoms with E-state index in [2.05, 4.69) is 29.8 Å². The van der Waals surface area contributed by atoms with Crippen LogP contribution in [0.1, 0.15) is 44.2 Å². The minimum absolute atomic E-state index is 0.0289. The average Bonchev–Trinajstić information content (AvgIpc) is 2.65. The SMILES string of the molecule is CCC(C)c1ccc(NC(=O)CNc2ccc(NC(C)=O)cc2C(F)(F)F)cc1. The zero-order valence-electron chi connectivity index (χ0n) is 16.5. The van der Waals surface area contributed by atoms with Crippen LogP contribution in [-0.2, 0) is 15.8 Å². The quantitative estimate of drug-likeness (QED) is 0.589. The van der Waals surface area contributed by atoms with Crippen LogP contribution in [0, 0.1) is 0 Å². The molecule has 3 N–H and O–H groups in total. The van der Waals surface area contributed by atoms with Crippen molar-refractivity contribution in [3.63, 3.8) is 0 Å². The molecule has 2 aromatic rings. The number of amides is 2. The van der Waals surface area contributed by atoms with Gasteiger partial charge in [0, 0.05) is 24.0 Å². The smallest absolute Gasteiger partial charge is 0.376 e. The van der Waals surface area contributed by atoms with Crippen LogP contribution >= 0.6 is 0 Å². The highest BCUT2D eigenvalue weighted by atomic mass is 19.4. The molecule has 156 valence electrons. The monoisotopic (exact) mass is 407 g/mol. The van der Waals surface area contributed by atoms with Gasteiger partial charge in [0.25, 0.3) is 0 Å². The third-order valence-corrected chi connectivity index (χ3v) is 4.46. The van der Waals surface area contributed by atoms with Gasteiger partial charge in [0.05, 0.1) is 12.1 Å². The highest BCUT2D eigenvalue weighted by Gasteiger charge is 2.34. The Hall–Kier alpha value is -3.03. The molecule has 29 heavy (non-hydrogen) atoms. The van der Waals surface area contributed by atoms with Crippen LogP contribution in [0.2, 0.25) is 0 Å². The summed E-state index contributed by atoms with van der Waals surface area (Å²) in [5.41, 5.74) is 0.545. The summed E-state index contributed by atoms with van der Waals surface area (Å²) in [6.45, 7) is 5.06. The largest absolute Gasteiger partial charge is 0.418 e. The lowest BCUT2D eigenvalue weighted by Gasteiger charge is -2.16. The van der Waals surface area contributed by atoms with E-state index < -0.39 is 23.6 Å². The Kier molecular flexibility index (Phi) is 7.25. The number of benzene rings is 2. The number of alkyl halides is 3. The highest BCUT2D eigenvalue weighted by molar-refractivity contribution is 5.94. The van der Waals surface area contributed by atoms with Crippen LogP contribution in [0.25, 0.3) is 0 Å². The predicted molar refractivity (Wildman–Crippen MR) is 108 cm³/mol. The van der Waals surface area contributed by atoms with Gasteiger partial charge in [-0.3, -0.25) is 9.59 Å². The van der Waals surface area contributed by atoms with Gasteiger partial charge in [-0.05, 0) is 48.2 Å². The number of hydrogen-bond donors (Lipinski definition) is 3. The number of hydrogen-bond acceptors (Lipinski definition) is 3. The first-order valence-corrected chi connectivity index (χ1v) is 9.22. The fraction of sp³-hybridized carbons (Fsp3) is 0.333. The van der Waals surface area contributed by atoms with Crippen molar-refractivity contribution in [2.45, 2.75) is 39.3 Å². The third-order valence-electron chi connectivity index (χ3n) is 4.46. The van der Waals surface area contributed by atoms with Crippen molar-refractivity contribution < 1.29 is 22.8 Å². The molecule has 0 spiro atoms. The molecule has 0 heterocycles. The molecule has 0 saturated heterocycles. The molecular weight excluding hydrogens is 383 g/mol. The minimum atomic E-state index is -4.64. The van der Waals surface area contributed by atoms with E-state index in [4.69, 9.17) is 0 Å². The Morgan fingerprint density at radius 3 is 2.17 bits per heavy atom. The van der Waals surface area contributed by atoms with Gasteiger partial charge >= 0.3 is 6.18 Å². The molecule has 2 rings (SSSR count). The molecule has 5 nitrogen and oxygen atoms in total. The second-order valence-electron chi connectivity index (χ2n) is 6.77. The van der Waals surface area contributed by atoms with Crippen molar-refractivity contribution in [3.05, 3.63) is 53.6 Å². The molecule has 0 bridgehead atoms. The molecule has 0 radical (unpaired) electrons. The molecule has 1 atom stereocenters. The van der Waals surface area contributed by atoms with E-state index in [9.17, 15) is 22.8 Å². The van der Waals surface area contributed by atoms with Crippen LogP contribution in [0.4, 0.5) is 30.2 Å². The Balaban J connectivity index is 2.04. The van der Waals surface area contributed by atoms with Crippen LogP contribution in [0.5, 0.6) is 0 Å². The van der Waals surface area contributed by atoms with Crippen molar-refractivity contribution >= 4 is 28.9 Å². The van der Waals surface area contributed by atoms with Crippen LogP contribution in [0.3, 0.4) is 0 Å². The van der Waals surface area contributed by atoms with Crippen LogP contribution in [0.15, 0.2) is 42.5 Å². The first kappa shape index (κ1) is 22.3. The Morgan fingerprint density at radius 1 is 1.00 bits per heavy atom. The molecule has 0 saturated carbocycles. The summed E-state index contributed by atoms with van der Waals surface area (Å²) >= 11 is 0. The lowest BCUT2D eigenvalue weighted by molar-refractivity contribution is -0.137. The lowest BCUT2D eigenvalue weighted by atomic mass is 9.99. The molecule has 0 aliphatic rings. The number of rotatable bonds is 7. The van der Waals surface area contributed by atoms with Gasteiger partial charge in [0.15, 0.2) is 0 Å². The summed E-state index contributed by atoms with van der Waals surface area (Å²) < 4.78 is 39.9. The predicted octanol–water partition coefficient (Wildman–Crippen LogP) is 5.23. The van der Waals surface area contributed by atoms with Gasteiger partial charge < -0.3 is 16.0 Å². The number of nitrogens with one attached hydrogen (secondary N) is 3. The second kappa shape index (κ2) is 9.45. The maximum Gasteiger partial charge on any atom is 0.418 e. The fourth-order valence-corrected chi connectivity index (χ4v) is 2.73. The van der Waals surface area contributed by atoms with E-state index in [-0.39, 0.29) is 17.9 Å². The van der Waals surface area contributed by atoms with E-state index in [1.807, 2.05) is 12.1 Å². The molecule has 0 aliphatic carbocycles. The molecule has 8 heteroatoms. The number of carbonyl (C=O) groups is 2. The zero-order valence-corrected chi connectivity index (χ0v) is 16.5. The number of halogens is 3. The van der Waals surface area contributed by atoms with Crippen molar-refractivity contribution in [1.29, 1.82) is 0 Å². The lowest BCUT2D eigenvalue weighted by Crippen LogP contribution is -2.23. The number of carbonyl (C=O) groups excluding carboxylic acids is 2. The first-order valence-electron chi connectivity index (χ1n) is 9.22. The first-order chi connectivity index (χ1) is 13.6. The molecular formula is C21H24F3N3O2. The van der Waals surface area contributed by atoms with E-state index in [0.29, 0.717) is 11.6 Å². The van der Waals surface area contributed by atoms with Crippen molar-refractivity contribution in [2.24, 2.45) is 0 Å². The molecule has 2 aromatic carbocycles. The summed E-state index contributed by atoms with van der Waals surface area (Å²) in [4.78, 5) is 23.2. The summed E-state index contributed by atoms with van der Waals surface area (Å²) in [6, 6.07) is 10.7.